The average molecular weight is 439 g/mol. The smallest absolute Gasteiger partial charge is 0.234 e. The Kier molecular flexibility index (Phi) is 6.65. The highest BCUT2D eigenvalue weighted by molar-refractivity contribution is 8.01. The Morgan fingerprint density at radius 2 is 2.00 bits per heavy atom. The number of hydrogen-bond donors (Lipinski definition) is 1. The number of nitrogens with one attached hydrogen (secondary N) is 1. The maximum atomic E-state index is 12.3. The molecule has 2 aromatic carbocycles. The second-order valence-electron chi connectivity index (χ2n) is 5.64. The third kappa shape index (κ3) is 5.17. The van der Waals surface area contributed by atoms with Crippen LogP contribution in [0, 0.1) is 6.92 Å². The van der Waals surface area contributed by atoms with Crippen LogP contribution in [0.1, 0.15) is 5.56 Å². The SMILES string of the molecule is COc1cc(Cl)c(C)cc1NC(=O)CSc1nc(-c2ccc(Cl)cc2)cs1. The summed E-state index contributed by atoms with van der Waals surface area (Å²) in [6.07, 6.45) is 0. The monoisotopic (exact) mass is 438 g/mol. The average Bonchev–Trinajstić information content (AvgIpc) is 3.12. The van der Waals surface area contributed by atoms with Gasteiger partial charge in [-0.15, -0.1) is 11.3 Å². The van der Waals surface area contributed by atoms with Crippen molar-refractivity contribution in [2.45, 2.75) is 11.3 Å². The van der Waals surface area contributed by atoms with Gasteiger partial charge in [-0.05, 0) is 30.7 Å². The van der Waals surface area contributed by atoms with Crippen LogP contribution in [0.2, 0.25) is 10.0 Å². The minimum Gasteiger partial charge on any atom is -0.495 e. The molecule has 3 aromatic rings. The van der Waals surface area contributed by atoms with Crippen LogP contribution < -0.4 is 10.1 Å². The highest BCUT2D eigenvalue weighted by atomic mass is 35.5. The third-order valence-corrected chi connectivity index (χ3v) is 6.38. The molecule has 0 saturated heterocycles. The molecular formula is C19H16Cl2N2O2S2. The number of carbonyl (C=O) groups is 1. The van der Waals surface area contributed by atoms with Crippen LogP contribution in [0.15, 0.2) is 46.1 Å². The number of hydrogen-bond acceptors (Lipinski definition) is 5. The molecule has 0 aliphatic rings. The van der Waals surface area contributed by atoms with E-state index < -0.39 is 0 Å². The number of thioether (sulfide) groups is 1. The molecule has 0 saturated carbocycles. The third-order valence-electron chi connectivity index (χ3n) is 3.70. The van der Waals surface area contributed by atoms with Gasteiger partial charge in [0.05, 0.1) is 24.2 Å². The summed E-state index contributed by atoms with van der Waals surface area (Å²) in [5.74, 6) is 0.643. The zero-order valence-corrected chi connectivity index (χ0v) is 17.7. The molecule has 3 rings (SSSR count). The van der Waals surface area contributed by atoms with Gasteiger partial charge >= 0.3 is 0 Å². The fraction of sp³-hybridized carbons (Fsp3) is 0.158. The molecule has 0 radical (unpaired) electrons. The van der Waals surface area contributed by atoms with Crippen LogP contribution in [-0.2, 0) is 4.79 Å². The van der Waals surface area contributed by atoms with Crippen molar-refractivity contribution in [1.29, 1.82) is 0 Å². The summed E-state index contributed by atoms with van der Waals surface area (Å²) in [5.41, 5.74) is 3.34. The van der Waals surface area contributed by atoms with E-state index in [0.29, 0.717) is 21.5 Å². The van der Waals surface area contributed by atoms with Crippen LogP contribution >= 0.6 is 46.3 Å². The van der Waals surface area contributed by atoms with Crippen LogP contribution in [0.25, 0.3) is 11.3 Å². The molecule has 140 valence electrons. The highest BCUT2D eigenvalue weighted by Crippen LogP contribution is 2.32. The van der Waals surface area contributed by atoms with E-state index in [4.69, 9.17) is 27.9 Å². The lowest BCUT2D eigenvalue weighted by Gasteiger charge is -2.12. The lowest BCUT2D eigenvalue weighted by molar-refractivity contribution is -0.113. The predicted octanol–water partition coefficient (Wildman–Crippen LogP) is 6.16. The molecule has 0 atom stereocenters. The second-order valence-corrected chi connectivity index (χ2v) is 8.57. The first kappa shape index (κ1) is 20.0. The van der Waals surface area contributed by atoms with Crippen LogP contribution in [0.3, 0.4) is 0 Å². The molecule has 1 heterocycles. The molecule has 1 aromatic heterocycles. The highest BCUT2D eigenvalue weighted by Gasteiger charge is 2.12. The fourth-order valence-electron chi connectivity index (χ4n) is 2.32. The Hall–Kier alpha value is -1.73. The van der Waals surface area contributed by atoms with E-state index in [2.05, 4.69) is 10.3 Å². The molecule has 27 heavy (non-hydrogen) atoms. The maximum Gasteiger partial charge on any atom is 0.234 e. The molecule has 0 aliphatic carbocycles. The molecular weight excluding hydrogens is 423 g/mol. The molecule has 8 heteroatoms. The number of halogens is 2. The quantitative estimate of drug-likeness (QED) is 0.467. The van der Waals surface area contributed by atoms with E-state index in [-0.39, 0.29) is 11.7 Å². The van der Waals surface area contributed by atoms with Crippen molar-refractivity contribution in [1.82, 2.24) is 4.98 Å². The van der Waals surface area contributed by atoms with Gasteiger partial charge in [-0.25, -0.2) is 4.98 Å². The van der Waals surface area contributed by atoms with Gasteiger partial charge in [0.1, 0.15) is 5.75 Å². The summed E-state index contributed by atoms with van der Waals surface area (Å²) in [6, 6.07) is 11.0. The van der Waals surface area contributed by atoms with Gasteiger partial charge in [-0.1, -0.05) is 47.1 Å². The molecule has 0 fully saturated rings. The van der Waals surface area contributed by atoms with E-state index in [1.165, 1.54) is 23.1 Å². The summed E-state index contributed by atoms with van der Waals surface area (Å²) in [6.45, 7) is 1.88. The van der Waals surface area contributed by atoms with Gasteiger partial charge in [0, 0.05) is 27.1 Å². The topological polar surface area (TPSA) is 51.2 Å². The van der Waals surface area contributed by atoms with Gasteiger partial charge in [-0.2, -0.15) is 0 Å². The molecule has 0 spiro atoms. The zero-order valence-electron chi connectivity index (χ0n) is 14.6. The van der Waals surface area contributed by atoms with Crippen molar-refractivity contribution in [3.63, 3.8) is 0 Å². The first-order chi connectivity index (χ1) is 13.0. The van der Waals surface area contributed by atoms with Crippen LogP contribution in [-0.4, -0.2) is 23.8 Å². The summed E-state index contributed by atoms with van der Waals surface area (Å²) < 4.78 is 6.11. The molecule has 4 nitrogen and oxygen atoms in total. The van der Waals surface area contributed by atoms with Crippen molar-refractivity contribution >= 4 is 57.9 Å². The Balaban J connectivity index is 1.62. The lowest BCUT2D eigenvalue weighted by Crippen LogP contribution is -2.14. The van der Waals surface area contributed by atoms with Crippen molar-refractivity contribution < 1.29 is 9.53 Å². The number of benzene rings is 2. The first-order valence-corrected chi connectivity index (χ1v) is 10.6. The normalized spacial score (nSPS) is 10.7. The van der Waals surface area contributed by atoms with Crippen LogP contribution in [0.5, 0.6) is 5.75 Å². The Labute approximate surface area is 175 Å². The molecule has 0 unspecified atom stereocenters. The van der Waals surface area contributed by atoms with E-state index in [1.54, 1.807) is 19.2 Å². The van der Waals surface area contributed by atoms with E-state index in [0.717, 1.165) is 21.2 Å². The standard InChI is InChI=1S/C19H16Cl2N2O2S2/c1-11-7-15(17(25-2)8-14(11)21)22-18(24)10-27-19-23-16(9-26-19)12-3-5-13(20)6-4-12/h3-9H,10H2,1-2H3,(H,22,24). The summed E-state index contributed by atoms with van der Waals surface area (Å²) in [4.78, 5) is 16.9. The summed E-state index contributed by atoms with van der Waals surface area (Å²) >= 11 is 14.9. The van der Waals surface area contributed by atoms with E-state index >= 15 is 0 Å². The van der Waals surface area contributed by atoms with Gasteiger partial charge in [0.15, 0.2) is 4.34 Å². The van der Waals surface area contributed by atoms with E-state index in [9.17, 15) is 4.79 Å². The number of aryl methyl sites for hydroxylation is 1. The fourth-order valence-corrected chi connectivity index (χ4v) is 4.24. The zero-order chi connectivity index (χ0) is 19.4. The minimum absolute atomic E-state index is 0.136. The molecule has 1 amide bonds. The van der Waals surface area contributed by atoms with Crippen LogP contribution in [0.4, 0.5) is 5.69 Å². The van der Waals surface area contributed by atoms with Crippen molar-refractivity contribution in [2.75, 3.05) is 18.2 Å². The number of thiazole rings is 1. The number of ether oxygens (including phenoxy) is 1. The van der Waals surface area contributed by atoms with Gasteiger partial charge in [0.25, 0.3) is 0 Å². The first-order valence-electron chi connectivity index (χ1n) is 7.94. The lowest BCUT2D eigenvalue weighted by atomic mass is 10.2. The number of aromatic nitrogens is 1. The largest absolute Gasteiger partial charge is 0.495 e. The Morgan fingerprint density at radius 1 is 1.26 bits per heavy atom. The molecule has 0 bridgehead atoms. The molecule has 1 N–H and O–H groups in total. The number of anilines is 1. The number of methoxy groups -OCH3 is 1. The van der Waals surface area contributed by atoms with Crippen molar-refractivity contribution in [3.05, 3.63) is 57.4 Å². The minimum atomic E-state index is -0.136. The number of rotatable bonds is 6. The van der Waals surface area contributed by atoms with Crippen molar-refractivity contribution in [3.8, 4) is 17.0 Å². The summed E-state index contributed by atoms with van der Waals surface area (Å²) in [7, 11) is 1.54. The molecule has 0 aliphatic heterocycles. The van der Waals surface area contributed by atoms with Gasteiger partial charge in [-0.3, -0.25) is 4.79 Å². The number of nitrogens with zero attached hydrogens (tertiary/aromatic N) is 1. The number of amides is 1. The number of carbonyl (C=O) groups excluding carboxylic acids is 1. The predicted molar refractivity (Wildman–Crippen MR) is 115 cm³/mol. The maximum absolute atomic E-state index is 12.3. The van der Waals surface area contributed by atoms with Gasteiger partial charge in [0.2, 0.25) is 5.91 Å². The Morgan fingerprint density at radius 3 is 2.70 bits per heavy atom. The summed E-state index contributed by atoms with van der Waals surface area (Å²) in [5, 5.41) is 6.11. The van der Waals surface area contributed by atoms with Gasteiger partial charge < -0.3 is 10.1 Å². The second kappa shape index (κ2) is 8.97. The Bertz CT molecular complexity index is 959. The van der Waals surface area contributed by atoms with Crippen molar-refractivity contribution in [2.24, 2.45) is 0 Å². The van der Waals surface area contributed by atoms with E-state index in [1.807, 2.05) is 36.6 Å².